The van der Waals surface area contributed by atoms with Crippen molar-refractivity contribution >= 4 is 10.2 Å². The van der Waals surface area contributed by atoms with Crippen molar-refractivity contribution in [3.05, 3.63) is 0 Å². The third-order valence-corrected chi connectivity index (χ3v) is 4.69. The average Bonchev–Trinajstić information content (AvgIpc) is 2.72. The van der Waals surface area contributed by atoms with Crippen molar-refractivity contribution in [1.82, 2.24) is 9.03 Å². The summed E-state index contributed by atoms with van der Waals surface area (Å²) in [7, 11) is -3.19. The first-order valence-corrected chi connectivity index (χ1v) is 7.29. The normalized spacial score (nSPS) is 18.9. The van der Waals surface area contributed by atoms with Crippen molar-refractivity contribution in [1.29, 1.82) is 0 Å². The second kappa shape index (κ2) is 5.82. The summed E-state index contributed by atoms with van der Waals surface area (Å²) in [6.45, 7) is 6.12. The molecule has 0 aromatic rings. The van der Waals surface area contributed by atoms with Gasteiger partial charge in [-0.2, -0.15) is 12.7 Å². The third-order valence-electron chi connectivity index (χ3n) is 3.11. The largest absolute Gasteiger partial charge is 0.279 e. The molecule has 0 amide bonds. The molecule has 90 valence electrons. The second-order valence-electron chi connectivity index (χ2n) is 4.14. The van der Waals surface area contributed by atoms with E-state index in [0.717, 1.165) is 25.7 Å². The highest BCUT2D eigenvalue weighted by molar-refractivity contribution is 7.87. The first-order chi connectivity index (χ1) is 7.10. The van der Waals surface area contributed by atoms with Crippen molar-refractivity contribution in [2.75, 3.05) is 19.6 Å². The predicted octanol–water partition coefficient (Wildman–Crippen LogP) is 1.35. The van der Waals surface area contributed by atoms with Gasteiger partial charge >= 0.3 is 0 Å². The van der Waals surface area contributed by atoms with Crippen LogP contribution in [0.3, 0.4) is 0 Å². The molecule has 1 rings (SSSR count). The standard InChI is InChI=1S/C10H22N2O2S/c1-3-10(4-2)9-11-15(13,14)12-7-5-6-8-12/h10-11H,3-9H2,1-2H3. The van der Waals surface area contributed by atoms with E-state index in [2.05, 4.69) is 18.6 Å². The van der Waals surface area contributed by atoms with Crippen LogP contribution in [0.25, 0.3) is 0 Å². The van der Waals surface area contributed by atoms with Gasteiger partial charge in [-0.05, 0) is 18.8 Å². The van der Waals surface area contributed by atoms with Crippen LogP contribution in [0.4, 0.5) is 0 Å². The molecule has 1 saturated heterocycles. The summed E-state index contributed by atoms with van der Waals surface area (Å²) in [5.74, 6) is 0.461. The average molecular weight is 234 g/mol. The molecule has 0 bridgehead atoms. The van der Waals surface area contributed by atoms with E-state index in [0.29, 0.717) is 25.6 Å². The fraction of sp³-hybridized carbons (Fsp3) is 1.00. The lowest BCUT2D eigenvalue weighted by Crippen LogP contribution is -2.40. The summed E-state index contributed by atoms with van der Waals surface area (Å²) >= 11 is 0. The Bertz CT molecular complexity index is 267. The summed E-state index contributed by atoms with van der Waals surface area (Å²) in [6, 6.07) is 0. The van der Waals surface area contributed by atoms with Crippen molar-refractivity contribution in [3.63, 3.8) is 0 Å². The van der Waals surface area contributed by atoms with Gasteiger partial charge in [-0.25, -0.2) is 4.72 Å². The van der Waals surface area contributed by atoms with E-state index in [1.54, 1.807) is 4.31 Å². The number of nitrogens with zero attached hydrogens (tertiary/aromatic N) is 1. The third kappa shape index (κ3) is 3.74. The fourth-order valence-electron chi connectivity index (χ4n) is 1.82. The molecule has 4 nitrogen and oxygen atoms in total. The second-order valence-corrected chi connectivity index (χ2v) is 5.90. The van der Waals surface area contributed by atoms with E-state index in [-0.39, 0.29) is 0 Å². The van der Waals surface area contributed by atoms with Gasteiger partial charge in [0.1, 0.15) is 0 Å². The van der Waals surface area contributed by atoms with Crippen LogP contribution in [0.1, 0.15) is 39.5 Å². The van der Waals surface area contributed by atoms with Crippen molar-refractivity contribution < 1.29 is 8.42 Å². The molecule has 0 aromatic carbocycles. The van der Waals surface area contributed by atoms with E-state index < -0.39 is 10.2 Å². The van der Waals surface area contributed by atoms with Crippen LogP contribution in [0.2, 0.25) is 0 Å². The molecule has 1 aliphatic heterocycles. The Labute approximate surface area is 93.2 Å². The quantitative estimate of drug-likeness (QED) is 0.754. The van der Waals surface area contributed by atoms with Gasteiger partial charge in [0.15, 0.2) is 0 Å². The molecule has 5 heteroatoms. The number of rotatable bonds is 6. The smallest absolute Gasteiger partial charge is 0.202 e. The summed E-state index contributed by atoms with van der Waals surface area (Å²) in [5, 5.41) is 0. The first-order valence-electron chi connectivity index (χ1n) is 5.84. The van der Waals surface area contributed by atoms with Crippen molar-refractivity contribution in [2.24, 2.45) is 5.92 Å². The van der Waals surface area contributed by atoms with Gasteiger partial charge in [0.2, 0.25) is 0 Å². The Balaban J connectivity index is 2.42. The lowest BCUT2D eigenvalue weighted by Gasteiger charge is -2.19. The van der Waals surface area contributed by atoms with Crippen LogP contribution >= 0.6 is 0 Å². The molecule has 0 aromatic heterocycles. The Morgan fingerprint density at radius 1 is 1.20 bits per heavy atom. The van der Waals surface area contributed by atoms with Crippen LogP contribution in [-0.2, 0) is 10.2 Å². The topological polar surface area (TPSA) is 49.4 Å². The van der Waals surface area contributed by atoms with E-state index >= 15 is 0 Å². The van der Waals surface area contributed by atoms with Crippen molar-refractivity contribution in [2.45, 2.75) is 39.5 Å². The molecule has 1 N–H and O–H groups in total. The minimum absolute atomic E-state index is 0.461. The lowest BCUT2D eigenvalue weighted by molar-refractivity contribution is 0.439. The summed E-state index contributed by atoms with van der Waals surface area (Å²) < 4.78 is 27.8. The number of nitrogens with one attached hydrogen (secondary N) is 1. The van der Waals surface area contributed by atoms with Gasteiger partial charge in [0.25, 0.3) is 10.2 Å². The molecule has 0 aliphatic carbocycles. The molecule has 1 fully saturated rings. The zero-order chi connectivity index (χ0) is 11.3. The van der Waals surface area contributed by atoms with Crippen LogP contribution in [0.5, 0.6) is 0 Å². The summed E-state index contributed by atoms with van der Waals surface area (Å²) in [5.41, 5.74) is 0. The zero-order valence-electron chi connectivity index (χ0n) is 9.70. The summed E-state index contributed by atoms with van der Waals surface area (Å²) in [4.78, 5) is 0. The molecule has 1 aliphatic rings. The van der Waals surface area contributed by atoms with Gasteiger partial charge in [-0.3, -0.25) is 0 Å². The van der Waals surface area contributed by atoms with Gasteiger partial charge < -0.3 is 0 Å². The first kappa shape index (κ1) is 12.9. The van der Waals surface area contributed by atoms with Crippen LogP contribution in [-0.4, -0.2) is 32.4 Å². The fourth-order valence-corrected chi connectivity index (χ4v) is 3.19. The van der Waals surface area contributed by atoms with E-state index in [1.807, 2.05) is 0 Å². The van der Waals surface area contributed by atoms with E-state index in [1.165, 1.54) is 0 Å². The molecule has 0 spiro atoms. The maximum absolute atomic E-state index is 11.8. The van der Waals surface area contributed by atoms with Gasteiger partial charge in [0.05, 0.1) is 0 Å². The molecule has 0 unspecified atom stereocenters. The molecule has 15 heavy (non-hydrogen) atoms. The zero-order valence-corrected chi connectivity index (χ0v) is 10.5. The molecular formula is C10H22N2O2S. The van der Waals surface area contributed by atoms with Gasteiger partial charge in [0, 0.05) is 19.6 Å². The monoisotopic (exact) mass is 234 g/mol. The highest BCUT2D eigenvalue weighted by atomic mass is 32.2. The minimum atomic E-state index is -3.19. The Kier molecular flexibility index (Phi) is 5.02. The summed E-state index contributed by atoms with van der Waals surface area (Å²) in [6.07, 6.45) is 4.04. The Hall–Kier alpha value is -0.130. The number of hydrogen-bond donors (Lipinski definition) is 1. The minimum Gasteiger partial charge on any atom is -0.202 e. The highest BCUT2D eigenvalue weighted by Gasteiger charge is 2.25. The molecule has 0 radical (unpaired) electrons. The Morgan fingerprint density at radius 2 is 1.73 bits per heavy atom. The van der Waals surface area contributed by atoms with Crippen LogP contribution in [0, 0.1) is 5.92 Å². The maximum Gasteiger partial charge on any atom is 0.279 e. The molecule has 0 saturated carbocycles. The predicted molar refractivity (Wildman–Crippen MR) is 61.8 cm³/mol. The van der Waals surface area contributed by atoms with Crippen LogP contribution in [0.15, 0.2) is 0 Å². The van der Waals surface area contributed by atoms with Crippen LogP contribution < -0.4 is 4.72 Å². The van der Waals surface area contributed by atoms with Gasteiger partial charge in [-0.15, -0.1) is 0 Å². The molecular weight excluding hydrogens is 212 g/mol. The number of hydrogen-bond acceptors (Lipinski definition) is 2. The van der Waals surface area contributed by atoms with Crippen molar-refractivity contribution in [3.8, 4) is 0 Å². The SMILES string of the molecule is CCC(CC)CNS(=O)(=O)N1CCCC1. The lowest BCUT2D eigenvalue weighted by atomic mass is 10.0. The molecule has 1 heterocycles. The van der Waals surface area contributed by atoms with E-state index in [9.17, 15) is 8.42 Å². The van der Waals surface area contributed by atoms with E-state index in [4.69, 9.17) is 0 Å². The highest BCUT2D eigenvalue weighted by Crippen LogP contribution is 2.12. The van der Waals surface area contributed by atoms with Gasteiger partial charge in [-0.1, -0.05) is 26.7 Å². The maximum atomic E-state index is 11.8. The molecule has 0 atom stereocenters. The Morgan fingerprint density at radius 3 is 2.20 bits per heavy atom.